The Morgan fingerprint density at radius 3 is 2.46 bits per heavy atom. The van der Waals surface area contributed by atoms with Crippen LogP contribution in [0.15, 0.2) is 47.1 Å². The normalized spacial score (nSPS) is 30.7. The number of rotatable bonds is 10. The largest absolute Gasteiger partial charge is 0.462 e. The number of unbranched alkanes of at least 4 members (excludes halogenated alkanes) is 3. The van der Waals surface area contributed by atoms with Crippen molar-refractivity contribution in [3.05, 3.63) is 52.6 Å². The lowest BCUT2D eigenvalue weighted by Gasteiger charge is -2.54. The molecule has 0 aliphatic heterocycles. The molecular formula is C35H46BrNO4. The number of carbonyl (C=O) groups is 3. The van der Waals surface area contributed by atoms with Gasteiger partial charge in [-0.2, -0.15) is 0 Å². The molecule has 0 amide bonds. The van der Waals surface area contributed by atoms with Crippen LogP contribution in [-0.4, -0.2) is 42.6 Å². The van der Waals surface area contributed by atoms with Crippen molar-refractivity contribution in [1.29, 1.82) is 0 Å². The van der Waals surface area contributed by atoms with E-state index in [1.165, 1.54) is 55.0 Å². The lowest BCUT2D eigenvalue weighted by Crippen LogP contribution is -2.50. The Bertz CT molecular complexity index is 1230. The van der Waals surface area contributed by atoms with Gasteiger partial charge >= 0.3 is 5.97 Å². The molecule has 1 aromatic rings. The number of nitrogens with zero attached hydrogens (tertiary/aromatic N) is 1. The molecule has 0 heterocycles. The first kappa shape index (κ1) is 30.3. The van der Waals surface area contributed by atoms with Gasteiger partial charge in [0.05, 0.1) is 0 Å². The van der Waals surface area contributed by atoms with Gasteiger partial charge in [-0.3, -0.25) is 14.4 Å². The van der Waals surface area contributed by atoms with Crippen molar-refractivity contribution < 1.29 is 19.1 Å². The van der Waals surface area contributed by atoms with Crippen LogP contribution < -0.4 is 4.90 Å². The topological polar surface area (TPSA) is 63.7 Å². The average molecular weight is 625 g/mol. The SMILES string of the molecule is CC(=O)OC1CC2=CC(=O)CCC2=C2[C@@H](c3ccc(N(C)CCCCCCBr)cc3)C[C@]3(C)[C@H](C(C)=O)CC[C@H]3[C@@H]21. The summed E-state index contributed by atoms with van der Waals surface area (Å²) in [6.45, 7) is 6.60. The highest BCUT2D eigenvalue weighted by Gasteiger charge is 2.60. The molecule has 0 aromatic heterocycles. The zero-order valence-corrected chi connectivity index (χ0v) is 26.8. The summed E-state index contributed by atoms with van der Waals surface area (Å²) in [5.74, 6) is 0.697. The van der Waals surface area contributed by atoms with Gasteiger partial charge in [-0.25, -0.2) is 0 Å². The molecule has 2 saturated carbocycles. The number of benzene rings is 1. The number of esters is 1. The lowest BCUT2D eigenvalue weighted by atomic mass is 9.51. The van der Waals surface area contributed by atoms with Crippen LogP contribution in [0.25, 0.3) is 0 Å². The van der Waals surface area contributed by atoms with Gasteiger partial charge in [-0.05, 0) is 91.7 Å². The number of allylic oxidation sites excluding steroid dienone is 2. The number of ketones is 2. The van der Waals surface area contributed by atoms with Gasteiger partial charge in [-0.15, -0.1) is 0 Å². The molecule has 0 saturated heterocycles. The van der Waals surface area contributed by atoms with E-state index in [2.05, 4.69) is 59.1 Å². The zero-order chi connectivity index (χ0) is 29.3. The molecule has 0 radical (unpaired) electrons. The van der Waals surface area contributed by atoms with Crippen LogP contribution in [0.5, 0.6) is 0 Å². The fourth-order valence-corrected chi connectivity index (χ4v) is 9.21. The van der Waals surface area contributed by atoms with E-state index < -0.39 is 0 Å². The van der Waals surface area contributed by atoms with Gasteiger partial charge in [0.1, 0.15) is 11.9 Å². The number of carbonyl (C=O) groups excluding carboxylic acids is 3. The van der Waals surface area contributed by atoms with Gasteiger partial charge in [-0.1, -0.05) is 53.4 Å². The van der Waals surface area contributed by atoms with Crippen LogP contribution in [0.4, 0.5) is 5.69 Å². The summed E-state index contributed by atoms with van der Waals surface area (Å²) in [6.07, 6.45) is 11.1. The van der Waals surface area contributed by atoms with Crippen molar-refractivity contribution in [3.8, 4) is 0 Å². The van der Waals surface area contributed by atoms with E-state index in [1.807, 2.05) is 6.08 Å². The Kier molecular flexibility index (Phi) is 9.28. The third kappa shape index (κ3) is 6.00. The summed E-state index contributed by atoms with van der Waals surface area (Å²) in [5, 5.41) is 1.08. The molecule has 0 spiro atoms. The molecule has 1 aromatic carbocycles. The van der Waals surface area contributed by atoms with Gasteiger partial charge in [0, 0.05) is 62.1 Å². The second kappa shape index (κ2) is 12.6. The maximum absolute atomic E-state index is 12.9. The van der Waals surface area contributed by atoms with Gasteiger partial charge in [0.25, 0.3) is 0 Å². The minimum Gasteiger partial charge on any atom is -0.462 e. The first-order valence-corrected chi connectivity index (χ1v) is 16.8. The van der Waals surface area contributed by atoms with Crippen LogP contribution in [0, 0.1) is 23.2 Å². The Balaban J connectivity index is 1.52. The van der Waals surface area contributed by atoms with E-state index in [-0.39, 0.29) is 52.7 Å². The second-order valence-electron chi connectivity index (χ2n) is 13.2. The predicted octanol–water partition coefficient (Wildman–Crippen LogP) is 7.72. The van der Waals surface area contributed by atoms with Crippen LogP contribution in [0.3, 0.4) is 0 Å². The van der Waals surface area contributed by atoms with Crippen LogP contribution in [0.1, 0.15) is 96.5 Å². The maximum Gasteiger partial charge on any atom is 0.302 e. The number of Topliss-reactive ketones (excluding diaryl/α,β-unsaturated/α-hetero) is 1. The second-order valence-corrected chi connectivity index (χ2v) is 14.0. The highest BCUT2D eigenvalue weighted by atomic mass is 79.9. The zero-order valence-electron chi connectivity index (χ0n) is 25.2. The van der Waals surface area contributed by atoms with E-state index in [1.54, 1.807) is 6.92 Å². The molecule has 222 valence electrons. The molecule has 2 fully saturated rings. The fraction of sp³-hybridized carbons (Fsp3) is 0.629. The van der Waals surface area contributed by atoms with Crippen LogP contribution in [0.2, 0.25) is 0 Å². The number of alkyl halides is 1. The number of hydrogen-bond acceptors (Lipinski definition) is 5. The number of anilines is 1. The van der Waals surface area contributed by atoms with Crippen molar-refractivity contribution in [3.63, 3.8) is 0 Å². The summed E-state index contributed by atoms with van der Waals surface area (Å²) in [6, 6.07) is 9.04. The maximum atomic E-state index is 12.9. The smallest absolute Gasteiger partial charge is 0.302 e. The van der Waals surface area contributed by atoms with E-state index in [0.717, 1.165) is 43.1 Å². The van der Waals surface area contributed by atoms with Gasteiger partial charge < -0.3 is 9.64 Å². The van der Waals surface area contributed by atoms with Crippen molar-refractivity contribution in [2.24, 2.45) is 23.2 Å². The minimum atomic E-state index is -0.295. The molecule has 5 nitrogen and oxygen atoms in total. The van der Waals surface area contributed by atoms with E-state index in [0.29, 0.717) is 12.8 Å². The van der Waals surface area contributed by atoms with Crippen LogP contribution in [-0.2, 0) is 19.1 Å². The summed E-state index contributed by atoms with van der Waals surface area (Å²) < 4.78 is 6.07. The molecule has 0 N–H and O–H groups in total. The first-order chi connectivity index (χ1) is 19.6. The highest BCUT2D eigenvalue weighted by Crippen LogP contribution is 2.66. The Morgan fingerprint density at radius 2 is 1.78 bits per heavy atom. The highest BCUT2D eigenvalue weighted by molar-refractivity contribution is 9.09. The minimum absolute atomic E-state index is 0.0272. The third-order valence-corrected chi connectivity index (χ3v) is 11.2. The van der Waals surface area contributed by atoms with Crippen LogP contribution >= 0.6 is 15.9 Å². The summed E-state index contributed by atoms with van der Waals surface area (Å²) in [7, 11) is 2.17. The van der Waals surface area contributed by atoms with Gasteiger partial charge in [0.2, 0.25) is 0 Å². The number of halogens is 1. The first-order valence-electron chi connectivity index (χ1n) is 15.7. The van der Waals surface area contributed by atoms with E-state index in [9.17, 15) is 14.4 Å². The van der Waals surface area contributed by atoms with Gasteiger partial charge in [0.15, 0.2) is 5.78 Å². The predicted molar refractivity (Wildman–Crippen MR) is 167 cm³/mol. The quantitative estimate of drug-likeness (QED) is 0.152. The number of fused-ring (bicyclic) bond motifs is 4. The third-order valence-electron chi connectivity index (χ3n) is 10.7. The summed E-state index contributed by atoms with van der Waals surface area (Å²) in [5.41, 5.74) is 6.09. The van der Waals surface area contributed by atoms with Crippen molar-refractivity contribution in [2.75, 3.05) is 23.8 Å². The molecule has 4 aliphatic rings. The summed E-state index contributed by atoms with van der Waals surface area (Å²) >= 11 is 3.52. The standard InChI is InChI=1S/C35H46BrNO4/c1-22(38)30-15-16-31-34-32(41-23(2)39)20-25-19-27(40)13-14-28(25)33(34)29(21-35(30,31)3)24-9-11-26(12-10-24)37(4)18-8-6-5-7-17-36/h9-12,19,29-32,34H,5-8,13-18,20-21H2,1-4H3/t29-,30+,31+,32?,34-,35-/m1/s1. The summed E-state index contributed by atoms with van der Waals surface area (Å²) in [4.78, 5) is 40.1. The molecule has 6 atom stereocenters. The Hall–Kier alpha value is -2.21. The van der Waals surface area contributed by atoms with Crippen molar-refractivity contribution in [2.45, 2.75) is 97.0 Å². The molecule has 1 unspecified atom stereocenters. The molecule has 4 aliphatic carbocycles. The Labute approximate surface area is 254 Å². The molecule has 6 heteroatoms. The molecular weight excluding hydrogens is 578 g/mol. The molecule has 0 bridgehead atoms. The van der Waals surface area contributed by atoms with E-state index in [4.69, 9.17) is 4.74 Å². The van der Waals surface area contributed by atoms with Crippen molar-refractivity contribution in [1.82, 2.24) is 0 Å². The average Bonchev–Trinajstić information content (AvgIpc) is 3.29. The van der Waals surface area contributed by atoms with Crippen molar-refractivity contribution >= 4 is 39.2 Å². The molecule has 41 heavy (non-hydrogen) atoms. The molecule has 5 rings (SSSR count). The fourth-order valence-electron chi connectivity index (χ4n) is 8.82. The lowest BCUT2D eigenvalue weighted by molar-refractivity contribution is -0.152. The monoisotopic (exact) mass is 623 g/mol. The number of ether oxygens (including phenoxy) is 1. The number of hydrogen-bond donors (Lipinski definition) is 0. The van der Waals surface area contributed by atoms with E-state index >= 15 is 0 Å². The Morgan fingerprint density at radius 1 is 1.05 bits per heavy atom.